The molecule has 0 aromatic heterocycles. The largest absolute Gasteiger partial charge is 0.453 e. The van der Waals surface area contributed by atoms with Crippen molar-refractivity contribution >= 4 is 10.0 Å². The Labute approximate surface area is 78.6 Å². The van der Waals surface area contributed by atoms with Gasteiger partial charge in [-0.1, -0.05) is 18.2 Å². The van der Waals surface area contributed by atoms with Crippen molar-refractivity contribution in [3.05, 3.63) is 35.1 Å². The zero-order chi connectivity index (χ0) is 10.8. The highest BCUT2D eigenvalue weighted by Crippen LogP contribution is 2.30. The maximum Gasteiger partial charge on any atom is 0.323 e. The second kappa shape index (κ2) is 3.58. The lowest BCUT2D eigenvalue weighted by atomic mass is 10.4. The second-order valence-corrected chi connectivity index (χ2v) is 3.95. The average Bonchev–Trinajstić information content (AvgIpc) is 2.01. The summed E-state index contributed by atoms with van der Waals surface area (Å²) >= 11 is 0. The van der Waals surface area contributed by atoms with Crippen LogP contribution in [0.15, 0.2) is 35.2 Å². The SMILES string of the molecule is O=S(=O)([N-]C(F)(F)F)c1ccccc1. The highest BCUT2D eigenvalue weighted by molar-refractivity contribution is 7.94. The number of halogens is 3. The van der Waals surface area contributed by atoms with Gasteiger partial charge in [-0.15, -0.1) is 0 Å². The van der Waals surface area contributed by atoms with Crippen molar-refractivity contribution in [2.24, 2.45) is 0 Å². The van der Waals surface area contributed by atoms with Crippen LogP contribution in [0.4, 0.5) is 13.2 Å². The van der Waals surface area contributed by atoms with Gasteiger partial charge in [-0.25, -0.2) is 8.42 Å². The van der Waals surface area contributed by atoms with Crippen molar-refractivity contribution in [1.29, 1.82) is 0 Å². The molecule has 0 aliphatic heterocycles. The van der Waals surface area contributed by atoms with E-state index in [1.54, 1.807) is 4.72 Å². The molecule has 14 heavy (non-hydrogen) atoms. The van der Waals surface area contributed by atoms with Crippen LogP contribution >= 0.6 is 0 Å². The third kappa shape index (κ3) is 3.00. The van der Waals surface area contributed by atoms with Crippen molar-refractivity contribution in [2.75, 3.05) is 0 Å². The molecule has 0 saturated heterocycles. The van der Waals surface area contributed by atoms with Crippen LogP contribution in [0.3, 0.4) is 0 Å². The third-order valence-corrected chi connectivity index (χ3v) is 2.58. The van der Waals surface area contributed by atoms with Gasteiger partial charge < -0.3 is 4.72 Å². The first kappa shape index (κ1) is 11.0. The third-order valence-electron chi connectivity index (χ3n) is 1.26. The minimum atomic E-state index is -5.07. The van der Waals surface area contributed by atoms with E-state index < -0.39 is 21.2 Å². The van der Waals surface area contributed by atoms with Crippen LogP contribution in [-0.2, 0) is 10.0 Å². The van der Waals surface area contributed by atoms with Crippen LogP contribution in [-0.4, -0.2) is 14.7 Å². The maximum absolute atomic E-state index is 11.7. The van der Waals surface area contributed by atoms with E-state index in [9.17, 15) is 21.6 Å². The Balaban J connectivity index is 2.99. The molecule has 0 N–H and O–H groups in total. The van der Waals surface area contributed by atoms with Gasteiger partial charge >= 0.3 is 6.30 Å². The zero-order valence-electron chi connectivity index (χ0n) is 6.69. The Hall–Kier alpha value is -1.08. The normalized spacial score (nSPS) is 12.8. The molecular formula is C7H5F3NO2S-. The number of alkyl halides is 3. The topological polar surface area (TPSA) is 48.2 Å². The highest BCUT2D eigenvalue weighted by Gasteiger charge is 2.20. The molecule has 0 amide bonds. The molecule has 0 aliphatic carbocycles. The van der Waals surface area contributed by atoms with E-state index in [-0.39, 0.29) is 0 Å². The van der Waals surface area contributed by atoms with E-state index in [0.717, 1.165) is 12.1 Å². The predicted octanol–water partition coefficient (Wildman–Crippen LogP) is 2.27. The number of benzene rings is 1. The number of hydrogen-bond acceptors (Lipinski definition) is 2. The molecule has 0 heterocycles. The molecule has 0 saturated carbocycles. The Bertz CT molecular complexity index is 399. The molecule has 3 nitrogen and oxygen atoms in total. The van der Waals surface area contributed by atoms with Crippen molar-refractivity contribution < 1.29 is 21.6 Å². The van der Waals surface area contributed by atoms with Gasteiger partial charge in [0.25, 0.3) is 0 Å². The maximum atomic E-state index is 11.7. The molecule has 0 atom stereocenters. The minimum absolute atomic E-state index is 0.475. The first-order valence-corrected chi connectivity index (χ1v) is 4.86. The smallest absolute Gasteiger partial charge is 0.323 e. The van der Waals surface area contributed by atoms with Crippen LogP contribution in [0, 0.1) is 0 Å². The summed E-state index contributed by atoms with van der Waals surface area (Å²) in [6.45, 7) is 0. The molecule has 0 aliphatic rings. The first-order chi connectivity index (χ1) is 6.31. The summed E-state index contributed by atoms with van der Waals surface area (Å²) in [5.41, 5.74) is 0. The Morgan fingerprint density at radius 3 is 2.00 bits per heavy atom. The van der Waals surface area contributed by atoms with Gasteiger partial charge in [0, 0.05) is 4.90 Å². The van der Waals surface area contributed by atoms with Crippen molar-refractivity contribution in [3.8, 4) is 0 Å². The summed E-state index contributed by atoms with van der Waals surface area (Å²) in [4.78, 5) is -0.475. The van der Waals surface area contributed by atoms with Crippen LogP contribution in [0.1, 0.15) is 0 Å². The van der Waals surface area contributed by atoms with Gasteiger partial charge in [-0.3, -0.25) is 0 Å². The van der Waals surface area contributed by atoms with Crippen LogP contribution in [0.2, 0.25) is 0 Å². The molecule has 0 bridgehead atoms. The first-order valence-electron chi connectivity index (χ1n) is 3.42. The number of rotatable bonds is 2. The van der Waals surface area contributed by atoms with Crippen molar-refractivity contribution in [1.82, 2.24) is 0 Å². The molecule has 1 aromatic rings. The minimum Gasteiger partial charge on any atom is -0.453 e. The van der Waals surface area contributed by atoms with Crippen LogP contribution in [0.25, 0.3) is 4.72 Å². The second-order valence-electron chi connectivity index (χ2n) is 2.35. The summed E-state index contributed by atoms with van der Waals surface area (Å²) in [7, 11) is -4.62. The predicted molar refractivity (Wildman–Crippen MR) is 43.0 cm³/mol. The molecular weight excluding hydrogens is 219 g/mol. The zero-order valence-corrected chi connectivity index (χ0v) is 7.51. The fourth-order valence-electron chi connectivity index (χ4n) is 0.781. The molecule has 1 rings (SSSR count). The summed E-state index contributed by atoms with van der Waals surface area (Å²) in [6.07, 6.45) is -5.07. The lowest BCUT2D eigenvalue weighted by Crippen LogP contribution is -2.12. The van der Waals surface area contributed by atoms with Gasteiger partial charge in [0.05, 0.1) is 0 Å². The van der Waals surface area contributed by atoms with Gasteiger partial charge in [0.1, 0.15) is 10.0 Å². The summed E-state index contributed by atoms with van der Waals surface area (Å²) in [5.74, 6) is 0. The molecule has 7 heteroatoms. The average molecular weight is 224 g/mol. The van der Waals surface area contributed by atoms with E-state index >= 15 is 0 Å². The van der Waals surface area contributed by atoms with Crippen molar-refractivity contribution in [3.63, 3.8) is 0 Å². The van der Waals surface area contributed by atoms with Crippen molar-refractivity contribution in [2.45, 2.75) is 11.2 Å². The lowest BCUT2D eigenvalue weighted by Gasteiger charge is -2.23. The van der Waals surface area contributed by atoms with E-state index in [4.69, 9.17) is 0 Å². The summed E-state index contributed by atoms with van der Waals surface area (Å²) in [5, 5.41) is 0. The molecule has 1 aromatic carbocycles. The monoisotopic (exact) mass is 224 g/mol. The summed E-state index contributed by atoms with van der Waals surface area (Å²) < 4.78 is 58.8. The fourth-order valence-corrected chi connectivity index (χ4v) is 1.66. The molecule has 78 valence electrons. The van der Waals surface area contributed by atoms with E-state index in [1.165, 1.54) is 18.2 Å². The molecule has 0 fully saturated rings. The van der Waals surface area contributed by atoms with E-state index in [1.807, 2.05) is 0 Å². The van der Waals surface area contributed by atoms with Gasteiger partial charge in [-0.05, 0) is 12.1 Å². The number of nitrogens with zero attached hydrogens (tertiary/aromatic N) is 1. The van der Waals surface area contributed by atoms with E-state index in [0.29, 0.717) is 0 Å². The fraction of sp³-hybridized carbons (Fsp3) is 0.143. The highest BCUT2D eigenvalue weighted by atomic mass is 32.2. The lowest BCUT2D eigenvalue weighted by molar-refractivity contribution is -0.0844. The van der Waals surface area contributed by atoms with Crippen LogP contribution in [0.5, 0.6) is 0 Å². The van der Waals surface area contributed by atoms with Gasteiger partial charge in [-0.2, -0.15) is 13.2 Å². The Morgan fingerprint density at radius 1 is 1.07 bits per heavy atom. The molecule has 0 spiro atoms. The summed E-state index contributed by atoms with van der Waals surface area (Å²) in [6, 6.07) is 6.22. The number of hydrogen-bond donors (Lipinski definition) is 0. The molecule has 0 radical (unpaired) electrons. The standard InChI is InChI=1S/C7H5F3NO2S/c8-7(9,10)11-14(12,13)6-4-2-1-3-5-6/h1-5H/q-1. The Morgan fingerprint density at radius 2 is 1.57 bits per heavy atom. The van der Waals surface area contributed by atoms with Gasteiger partial charge in [0.2, 0.25) is 0 Å². The Kier molecular flexibility index (Phi) is 2.81. The number of sulfonamides is 1. The quantitative estimate of drug-likeness (QED) is 0.723. The van der Waals surface area contributed by atoms with E-state index in [2.05, 4.69) is 0 Å². The van der Waals surface area contributed by atoms with Crippen LogP contribution < -0.4 is 0 Å². The van der Waals surface area contributed by atoms with Gasteiger partial charge in [0.15, 0.2) is 0 Å². The molecule has 0 unspecified atom stereocenters.